The summed E-state index contributed by atoms with van der Waals surface area (Å²) in [5.41, 5.74) is -1.34. The molecule has 9 heteroatoms. The molecule has 0 aliphatic carbocycles. The zero-order chi connectivity index (χ0) is 19.6. The Kier molecular flexibility index (Phi) is 5.67. The van der Waals surface area contributed by atoms with Crippen LogP contribution in [0.4, 0.5) is 0 Å². The van der Waals surface area contributed by atoms with Crippen LogP contribution >= 0.6 is 0 Å². The summed E-state index contributed by atoms with van der Waals surface area (Å²) in [5, 5.41) is 10.2. The summed E-state index contributed by atoms with van der Waals surface area (Å²) >= 11 is 0. The van der Waals surface area contributed by atoms with Crippen molar-refractivity contribution in [3.05, 3.63) is 65.7 Å². The van der Waals surface area contributed by atoms with Crippen LogP contribution in [0.25, 0.3) is 0 Å². The van der Waals surface area contributed by atoms with Crippen molar-refractivity contribution >= 4 is 23.8 Å². The van der Waals surface area contributed by atoms with Gasteiger partial charge in [-0.1, -0.05) is 48.0 Å². The third-order valence-corrected chi connectivity index (χ3v) is 7.86. The van der Waals surface area contributed by atoms with Crippen LogP contribution in [0, 0.1) is 6.92 Å². The molecule has 0 saturated heterocycles. The largest absolute Gasteiger partial charge is 0.379 e. The summed E-state index contributed by atoms with van der Waals surface area (Å²) in [5.74, 6) is -0.791. The fourth-order valence-corrected chi connectivity index (χ4v) is 4.81. The van der Waals surface area contributed by atoms with Crippen molar-refractivity contribution in [3.63, 3.8) is 0 Å². The molecule has 0 aliphatic heterocycles. The molecule has 0 aromatic heterocycles. The number of benzene rings is 2. The maximum Gasteiger partial charge on any atom is 0.379 e. The Hall–Kier alpha value is -2.07. The quantitative estimate of drug-likeness (QED) is 0.557. The van der Waals surface area contributed by atoms with Gasteiger partial charge in [0.25, 0.3) is 0 Å². The number of Topliss-reactive ketones (excluding diaryl/α,β-unsaturated/α-hetero) is 1. The van der Waals surface area contributed by atoms with E-state index in [2.05, 4.69) is 4.18 Å². The highest BCUT2D eigenvalue weighted by molar-refractivity contribution is 8.65. The van der Waals surface area contributed by atoms with Crippen LogP contribution in [0.2, 0.25) is 0 Å². The summed E-state index contributed by atoms with van der Waals surface area (Å²) in [6.45, 7) is 1.73. The summed E-state index contributed by atoms with van der Waals surface area (Å²) in [6.07, 6.45) is 0. The van der Waals surface area contributed by atoms with Crippen molar-refractivity contribution in [2.24, 2.45) is 0 Å². The van der Waals surface area contributed by atoms with E-state index in [0.29, 0.717) is 0 Å². The fraction of sp³-hybridized carbons (Fsp3) is 0.235. The Morgan fingerprint density at radius 1 is 1.00 bits per heavy atom. The molecule has 0 fully saturated rings. The second-order valence-electron chi connectivity index (χ2n) is 5.91. The number of ketones is 1. The number of carbonyl (C=O) groups is 1. The van der Waals surface area contributed by atoms with Crippen molar-refractivity contribution in [1.29, 1.82) is 0 Å². The predicted octanol–water partition coefficient (Wildman–Crippen LogP) is 1.66. The van der Waals surface area contributed by atoms with E-state index in [4.69, 9.17) is 0 Å². The molecule has 0 aliphatic rings. The molecular weight excluding hydrogens is 380 g/mol. The van der Waals surface area contributed by atoms with E-state index in [-0.39, 0.29) is 5.56 Å². The van der Waals surface area contributed by atoms with Gasteiger partial charge >= 0.3 is 18.0 Å². The fourth-order valence-electron chi connectivity index (χ4n) is 2.04. The molecule has 0 radical (unpaired) electrons. The van der Waals surface area contributed by atoms with Crippen molar-refractivity contribution in [1.82, 2.24) is 0 Å². The Morgan fingerprint density at radius 2 is 1.54 bits per heavy atom. The maximum absolute atomic E-state index is 12.3. The summed E-state index contributed by atoms with van der Waals surface area (Å²) < 4.78 is 53.2. The molecule has 140 valence electrons. The average molecular weight is 398 g/mol. The molecular formula is C17H18O7S2. The predicted molar refractivity (Wildman–Crippen MR) is 94.6 cm³/mol. The van der Waals surface area contributed by atoms with Crippen LogP contribution in [0.5, 0.6) is 0 Å². The second kappa shape index (κ2) is 7.28. The number of hydrogen-bond acceptors (Lipinski definition) is 7. The second-order valence-corrected chi connectivity index (χ2v) is 10.9. The number of aliphatic hydroxyl groups is 1. The SMILES string of the molecule is Cc1ccc(S(=O)(=O)S(=O)(=O)OCC(C)(O)C(=O)c2ccccc2)cc1. The van der Waals surface area contributed by atoms with Gasteiger partial charge < -0.3 is 5.11 Å². The standard InChI is InChI=1S/C17H18O7S2/c1-13-8-10-15(11-9-13)25(20,21)26(22,23)24-12-17(2,19)16(18)14-6-4-3-5-7-14/h3-11,19H,12H2,1-2H3. The zero-order valence-corrected chi connectivity index (χ0v) is 15.7. The summed E-state index contributed by atoms with van der Waals surface area (Å²) in [4.78, 5) is 11.8. The molecule has 0 spiro atoms. The summed E-state index contributed by atoms with van der Waals surface area (Å²) in [6, 6.07) is 12.8. The Labute approximate surface area is 151 Å². The minimum absolute atomic E-state index is 0.139. The van der Waals surface area contributed by atoms with Crippen LogP contribution in [0.1, 0.15) is 22.8 Å². The van der Waals surface area contributed by atoms with Crippen molar-refractivity contribution < 1.29 is 30.9 Å². The molecule has 0 amide bonds. The van der Waals surface area contributed by atoms with E-state index in [1.807, 2.05) is 0 Å². The lowest BCUT2D eigenvalue weighted by Gasteiger charge is -2.21. The highest BCUT2D eigenvalue weighted by Crippen LogP contribution is 2.22. The van der Waals surface area contributed by atoms with E-state index >= 15 is 0 Å². The van der Waals surface area contributed by atoms with E-state index in [9.17, 15) is 26.7 Å². The van der Waals surface area contributed by atoms with Gasteiger partial charge in [0.05, 0.1) is 4.90 Å². The van der Waals surface area contributed by atoms with Crippen molar-refractivity contribution in [2.45, 2.75) is 24.3 Å². The Bertz CT molecular complexity index is 991. The zero-order valence-electron chi connectivity index (χ0n) is 14.1. The molecule has 1 unspecified atom stereocenters. The number of aryl methyl sites for hydroxylation is 1. The molecule has 7 nitrogen and oxygen atoms in total. The monoisotopic (exact) mass is 398 g/mol. The van der Waals surface area contributed by atoms with Gasteiger partial charge in [-0.15, -0.1) is 0 Å². The molecule has 0 saturated carbocycles. The van der Waals surface area contributed by atoms with Crippen LogP contribution in [-0.2, 0) is 22.2 Å². The lowest BCUT2D eigenvalue weighted by atomic mass is 9.96. The molecule has 2 aromatic carbocycles. The normalized spacial score (nSPS) is 14.6. The third-order valence-electron chi connectivity index (χ3n) is 3.59. The number of hydrogen-bond donors (Lipinski definition) is 1. The van der Waals surface area contributed by atoms with Gasteiger partial charge in [0, 0.05) is 5.56 Å². The van der Waals surface area contributed by atoms with Crippen molar-refractivity contribution in [3.8, 4) is 0 Å². The van der Waals surface area contributed by atoms with Crippen LogP contribution < -0.4 is 0 Å². The van der Waals surface area contributed by atoms with Gasteiger partial charge in [-0.25, -0.2) is 8.42 Å². The highest BCUT2D eigenvalue weighted by Gasteiger charge is 2.38. The third kappa shape index (κ3) is 4.18. The molecule has 2 rings (SSSR count). The van der Waals surface area contributed by atoms with Gasteiger partial charge in [0.15, 0.2) is 5.78 Å². The topological polar surface area (TPSA) is 115 Å². The van der Waals surface area contributed by atoms with Gasteiger partial charge in [-0.3, -0.25) is 8.98 Å². The van der Waals surface area contributed by atoms with Crippen molar-refractivity contribution in [2.75, 3.05) is 6.61 Å². The van der Waals surface area contributed by atoms with Gasteiger partial charge in [-0.05, 0) is 26.0 Å². The van der Waals surface area contributed by atoms with E-state index in [1.54, 1.807) is 25.1 Å². The summed E-state index contributed by atoms with van der Waals surface area (Å²) in [7, 11) is -9.96. The average Bonchev–Trinajstić information content (AvgIpc) is 2.60. The first kappa shape index (κ1) is 20.2. The Balaban J connectivity index is 2.21. The molecule has 0 heterocycles. The number of rotatable bonds is 7. The van der Waals surface area contributed by atoms with Crippen LogP contribution in [0.15, 0.2) is 59.5 Å². The van der Waals surface area contributed by atoms with E-state index < -0.39 is 40.9 Å². The Morgan fingerprint density at radius 3 is 2.08 bits per heavy atom. The minimum Gasteiger partial charge on any atom is -0.379 e. The highest BCUT2D eigenvalue weighted by atomic mass is 33.2. The van der Waals surface area contributed by atoms with Crippen LogP contribution in [-0.4, -0.2) is 39.9 Å². The first-order valence-corrected chi connectivity index (χ1v) is 10.9. The first-order valence-electron chi connectivity index (χ1n) is 7.51. The molecule has 2 aromatic rings. The van der Waals surface area contributed by atoms with E-state index in [0.717, 1.165) is 24.6 Å². The smallest absolute Gasteiger partial charge is 0.379 e. The molecule has 0 bridgehead atoms. The lowest BCUT2D eigenvalue weighted by Crippen LogP contribution is -2.41. The van der Waals surface area contributed by atoms with Crippen LogP contribution in [0.3, 0.4) is 0 Å². The van der Waals surface area contributed by atoms with Gasteiger partial charge in [-0.2, -0.15) is 8.42 Å². The van der Waals surface area contributed by atoms with Gasteiger partial charge in [0.1, 0.15) is 12.2 Å². The number of carbonyl (C=O) groups excluding carboxylic acids is 1. The van der Waals surface area contributed by atoms with Gasteiger partial charge in [0.2, 0.25) is 0 Å². The molecule has 1 atom stereocenters. The molecule has 1 N–H and O–H groups in total. The van der Waals surface area contributed by atoms with E-state index in [1.165, 1.54) is 24.3 Å². The first-order chi connectivity index (χ1) is 12.0. The maximum atomic E-state index is 12.3. The molecule has 26 heavy (non-hydrogen) atoms. The lowest BCUT2D eigenvalue weighted by molar-refractivity contribution is 0.0181. The minimum atomic E-state index is -5.11.